The van der Waals surface area contributed by atoms with Gasteiger partial charge in [0.05, 0.1) is 0 Å². The molecule has 0 bridgehead atoms. The average molecular weight is 417 g/mol. The SMILES string of the molecule is C#CCC(O)(/C=C/[C@H](C)[C@H]1CC[C@H]2[C@@H]3CCc4cc(O)ccc4[C@H]3CC[C@]12C)CC#C. The van der Waals surface area contributed by atoms with Gasteiger partial charge in [0.15, 0.2) is 0 Å². The second-order valence-electron chi connectivity index (χ2n) is 10.6. The van der Waals surface area contributed by atoms with E-state index in [9.17, 15) is 10.2 Å². The van der Waals surface area contributed by atoms with Crippen molar-refractivity contribution in [2.24, 2.45) is 29.1 Å². The fourth-order valence-electron chi connectivity index (χ4n) is 7.47. The number of hydrogen-bond donors (Lipinski definition) is 2. The first-order valence-corrected chi connectivity index (χ1v) is 11.9. The van der Waals surface area contributed by atoms with Crippen molar-refractivity contribution in [1.29, 1.82) is 0 Å². The van der Waals surface area contributed by atoms with Crippen molar-refractivity contribution in [2.75, 3.05) is 0 Å². The maximum atomic E-state index is 10.8. The Morgan fingerprint density at radius 3 is 2.65 bits per heavy atom. The number of phenols is 1. The molecular formula is C29H36O2. The summed E-state index contributed by atoms with van der Waals surface area (Å²) in [5.74, 6) is 8.69. The molecular weight excluding hydrogens is 380 g/mol. The highest BCUT2D eigenvalue weighted by molar-refractivity contribution is 5.40. The van der Waals surface area contributed by atoms with Gasteiger partial charge in [0.2, 0.25) is 0 Å². The number of aliphatic hydroxyl groups is 1. The van der Waals surface area contributed by atoms with Crippen LogP contribution in [0, 0.1) is 53.8 Å². The molecule has 3 aliphatic carbocycles. The third kappa shape index (κ3) is 3.92. The summed E-state index contributed by atoms with van der Waals surface area (Å²) in [5, 5.41) is 20.7. The molecule has 0 spiro atoms. The minimum absolute atomic E-state index is 0.254. The lowest BCUT2D eigenvalue weighted by Crippen LogP contribution is -2.43. The van der Waals surface area contributed by atoms with Crippen molar-refractivity contribution in [3.63, 3.8) is 0 Å². The summed E-state index contributed by atoms with van der Waals surface area (Å²) >= 11 is 0. The van der Waals surface area contributed by atoms with Crippen LogP contribution in [0.4, 0.5) is 0 Å². The number of fused-ring (bicyclic) bond motifs is 5. The van der Waals surface area contributed by atoms with Crippen molar-refractivity contribution in [1.82, 2.24) is 0 Å². The third-order valence-electron chi connectivity index (χ3n) is 8.94. The molecule has 164 valence electrons. The van der Waals surface area contributed by atoms with Crippen molar-refractivity contribution >= 4 is 0 Å². The first kappa shape index (κ1) is 22.0. The van der Waals surface area contributed by atoms with E-state index in [1.165, 1.54) is 43.2 Å². The highest BCUT2D eigenvalue weighted by Crippen LogP contribution is 2.64. The number of hydrogen-bond acceptors (Lipinski definition) is 2. The van der Waals surface area contributed by atoms with E-state index in [4.69, 9.17) is 12.8 Å². The zero-order chi connectivity index (χ0) is 22.2. The molecule has 0 aromatic heterocycles. The Hall–Kier alpha value is -2.16. The zero-order valence-corrected chi connectivity index (χ0v) is 19.0. The van der Waals surface area contributed by atoms with Gasteiger partial charge in [-0.1, -0.05) is 32.1 Å². The molecule has 0 amide bonds. The Morgan fingerprint density at radius 2 is 1.94 bits per heavy atom. The van der Waals surface area contributed by atoms with Crippen molar-refractivity contribution in [2.45, 2.75) is 76.7 Å². The van der Waals surface area contributed by atoms with E-state index in [-0.39, 0.29) is 12.8 Å². The van der Waals surface area contributed by atoms with Crippen LogP contribution >= 0.6 is 0 Å². The van der Waals surface area contributed by atoms with Crippen LogP contribution in [0.1, 0.15) is 75.8 Å². The first-order valence-electron chi connectivity index (χ1n) is 11.9. The Kier molecular flexibility index (Phi) is 5.98. The fraction of sp³-hybridized carbons (Fsp3) is 0.586. The van der Waals surface area contributed by atoms with E-state index in [2.05, 4.69) is 37.8 Å². The second-order valence-corrected chi connectivity index (χ2v) is 10.6. The van der Waals surface area contributed by atoms with E-state index in [1.807, 2.05) is 18.2 Å². The Balaban J connectivity index is 1.52. The maximum absolute atomic E-state index is 10.8. The summed E-state index contributed by atoms with van der Waals surface area (Å²) in [6, 6.07) is 6.03. The van der Waals surface area contributed by atoms with Gasteiger partial charge in [-0.2, -0.15) is 0 Å². The molecule has 4 rings (SSSR count). The zero-order valence-electron chi connectivity index (χ0n) is 19.0. The molecule has 3 aliphatic rings. The number of allylic oxidation sites excluding steroid dienone is 1. The van der Waals surface area contributed by atoms with Gasteiger partial charge in [-0.25, -0.2) is 0 Å². The van der Waals surface area contributed by atoms with Crippen LogP contribution in [0.25, 0.3) is 0 Å². The molecule has 0 unspecified atom stereocenters. The molecule has 1 aromatic rings. The summed E-state index contributed by atoms with van der Waals surface area (Å²) in [7, 11) is 0. The van der Waals surface area contributed by atoms with Crippen LogP contribution in [0.5, 0.6) is 5.75 Å². The lowest BCUT2D eigenvalue weighted by molar-refractivity contribution is 0.0174. The van der Waals surface area contributed by atoms with Crippen LogP contribution in [-0.4, -0.2) is 15.8 Å². The van der Waals surface area contributed by atoms with E-state index in [1.54, 1.807) is 0 Å². The van der Waals surface area contributed by atoms with E-state index < -0.39 is 5.60 Å². The summed E-state index contributed by atoms with van der Waals surface area (Å²) in [6.07, 6.45) is 22.8. The normalized spacial score (nSPS) is 33.1. The van der Waals surface area contributed by atoms with Crippen LogP contribution in [0.2, 0.25) is 0 Å². The van der Waals surface area contributed by atoms with Gasteiger partial charge < -0.3 is 10.2 Å². The van der Waals surface area contributed by atoms with Gasteiger partial charge in [-0.05, 0) is 96.8 Å². The molecule has 0 radical (unpaired) electrons. The quantitative estimate of drug-likeness (QED) is 0.468. The minimum atomic E-state index is -1.09. The second kappa shape index (κ2) is 8.41. The molecule has 0 aliphatic heterocycles. The van der Waals surface area contributed by atoms with Gasteiger partial charge in [0.1, 0.15) is 11.4 Å². The van der Waals surface area contributed by atoms with E-state index in [0.29, 0.717) is 28.9 Å². The topological polar surface area (TPSA) is 40.5 Å². The molecule has 2 fully saturated rings. The van der Waals surface area contributed by atoms with Gasteiger partial charge in [0, 0.05) is 12.8 Å². The van der Waals surface area contributed by atoms with Crippen molar-refractivity contribution in [3.8, 4) is 30.4 Å². The highest BCUT2D eigenvalue weighted by atomic mass is 16.3. The number of terminal acetylenes is 2. The summed E-state index contributed by atoms with van der Waals surface area (Å²) < 4.78 is 0. The maximum Gasteiger partial charge on any atom is 0.115 e. The molecule has 31 heavy (non-hydrogen) atoms. The molecule has 1 aromatic carbocycles. The highest BCUT2D eigenvalue weighted by Gasteiger charge is 2.55. The molecule has 0 saturated heterocycles. The van der Waals surface area contributed by atoms with Crippen molar-refractivity contribution in [3.05, 3.63) is 41.5 Å². The van der Waals surface area contributed by atoms with Gasteiger partial charge >= 0.3 is 0 Å². The Morgan fingerprint density at radius 1 is 1.19 bits per heavy atom. The predicted molar refractivity (Wildman–Crippen MR) is 126 cm³/mol. The average Bonchev–Trinajstić information content (AvgIpc) is 3.09. The van der Waals surface area contributed by atoms with Gasteiger partial charge in [-0.15, -0.1) is 24.7 Å². The smallest absolute Gasteiger partial charge is 0.115 e. The van der Waals surface area contributed by atoms with Gasteiger partial charge in [-0.3, -0.25) is 0 Å². The van der Waals surface area contributed by atoms with Crippen LogP contribution < -0.4 is 0 Å². The predicted octanol–water partition coefficient (Wildman–Crippen LogP) is 5.83. The van der Waals surface area contributed by atoms with E-state index >= 15 is 0 Å². The number of benzene rings is 1. The molecule has 6 atom stereocenters. The number of rotatable bonds is 5. The Labute approximate surface area is 188 Å². The lowest BCUT2D eigenvalue weighted by atomic mass is 9.53. The van der Waals surface area contributed by atoms with Gasteiger partial charge in [0.25, 0.3) is 0 Å². The molecule has 2 saturated carbocycles. The van der Waals surface area contributed by atoms with Crippen LogP contribution in [0.15, 0.2) is 30.4 Å². The minimum Gasteiger partial charge on any atom is -0.508 e. The fourth-order valence-corrected chi connectivity index (χ4v) is 7.47. The summed E-state index contributed by atoms with van der Waals surface area (Å²) in [6.45, 7) is 4.82. The molecule has 2 heteroatoms. The van der Waals surface area contributed by atoms with E-state index in [0.717, 1.165) is 18.3 Å². The number of aromatic hydroxyl groups is 1. The number of aryl methyl sites for hydroxylation is 1. The monoisotopic (exact) mass is 416 g/mol. The molecule has 2 N–H and O–H groups in total. The standard InChI is InChI=1S/C29H36O2/c1-5-15-29(31,16-6-2)18-13-20(3)26-11-12-27-25-9-7-21-19-22(30)8-10-23(21)24(25)14-17-28(26,27)4/h1-2,8,10,13,18-20,24-27,30-31H,7,9,11-12,14-17H2,3-4H3/b18-13+/t20-,24+,25+,26+,27-,28+/m0/s1. The number of phenolic OH excluding ortho intramolecular Hbond substituents is 1. The Bertz CT molecular complexity index is 913. The summed E-state index contributed by atoms with van der Waals surface area (Å²) in [5.41, 5.74) is 2.10. The lowest BCUT2D eigenvalue weighted by Gasteiger charge is -2.52. The molecule has 0 heterocycles. The summed E-state index contributed by atoms with van der Waals surface area (Å²) in [4.78, 5) is 0. The largest absolute Gasteiger partial charge is 0.508 e. The first-order chi connectivity index (χ1) is 14.8. The van der Waals surface area contributed by atoms with Crippen LogP contribution in [0.3, 0.4) is 0 Å². The third-order valence-corrected chi connectivity index (χ3v) is 8.94. The van der Waals surface area contributed by atoms with Crippen LogP contribution in [-0.2, 0) is 6.42 Å². The molecule has 2 nitrogen and oxygen atoms in total. The van der Waals surface area contributed by atoms with Crippen molar-refractivity contribution < 1.29 is 10.2 Å².